The highest BCUT2D eigenvalue weighted by molar-refractivity contribution is 7.45. The van der Waals surface area contributed by atoms with E-state index in [-0.39, 0.29) is 42.4 Å². The van der Waals surface area contributed by atoms with Gasteiger partial charge in [0.15, 0.2) is 5.52 Å². The number of carbonyl (C=O) groups excluding carboxylic acids is 2. The van der Waals surface area contributed by atoms with Crippen molar-refractivity contribution in [2.75, 3.05) is 59.3 Å². The van der Waals surface area contributed by atoms with Gasteiger partial charge < -0.3 is 34.4 Å². The van der Waals surface area contributed by atoms with Gasteiger partial charge in [-0.1, -0.05) is 84.0 Å². The van der Waals surface area contributed by atoms with Crippen LogP contribution in [0.25, 0.3) is 11.0 Å². The van der Waals surface area contributed by atoms with Crippen molar-refractivity contribution in [3.8, 4) is 0 Å². The second-order valence-electron chi connectivity index (χ2n) is 14.3. The lowest BCUT2D eigenvalue weighted by atomic mass is 10.0. The molecule has 3 N–H and O–H groups in total. The van der Waals surface area contributed by atoms with Gasteiger partial charge in [-0.15, -0.1) is 0 Å². The number of nitrogens with one attached hydrogen (secondary N) is 3. The molecule has 1 heterocycles. The normalized spacial score (nSPS) is 13.5. The van der Waals surface area contributed by atoms with E-state index in [1.54, 1.807) is 0 Å². The molecule has 0 radical (unpaired) electrons. The number of phosphoric acid groups is 1. The highest BCUT2D eigenvalue weighted by Gasteiger charge is 2.22. The molecule has 0 saturated heterocycles. The second kappa shape index (κ2) is 25.0. The Morgan fingerprint density at radius 3 is 2.08 bits per heavy atom. The highest BCUT2D eigenvalue weighted by atomic mass is 31.2. The number of amides is 2. The first-order chi connectivity index (χ1) is 24.8. The maximum atomic E-state index is 13.1. The monoisotopic (exact) mass is 755 g/mol. The Kier molecular flexibility index (Phi) is 21.6. The van der Waals surface area contributed by atoms with Gasteiger partial charge in [0.05, 0.1) is 38.4 Å². The molecule has 0 fully saturated rings. The predicted octanol–water partition coefficient (Wildman–Crippen LogP) is 6.00. The first kappa shape index (κ1) is 45.0. The fraction of sp³-hybridized carbons (Fsp3) is 0.771. The SMILES string of the molecule is CCCCCCCCCCCCCCCC(=O)N[C@@H](CCCCNc1ccc([N+](=O)[O-])c2nonc12)C(=O)NCCOP(=O)([O-])OCC[N+](C)(C)C. The number of unbranched alkanes of at least 4 members (excludes halogenated alkanes) is 13. The number of aromatic nitrogens is 2. The van der Waals surface area contributed by atoms with Crippen molar-refractivity contribution in [3.63, 3.8) is 0 Å². The molecule has 0 aliphatic rings. The zero-order chi connectivity index (χ0) is 38.2. The van der Waals surface area contributed by atoms with Crippen molar-refractivity contribution in [2.24, 2.45) is 0 Å². The number of non-ortho nitro benzene ring substituents is 1. The molecule has 16 nitrogen and oxygen atoms in total. The lowest BCUT2D eigenvalue weighted by Crippen LogP contribution is -2.47. The Balaban J connectivity index is 1.78. The number of hydrogen-bond donors (Lipinski definition) is 3. The third kappa shape index (κ3) is 19.6. The molecule has 1 aromatic heterocycles. The van der Waals surface area contributed by atoms with Gasteiger partial charge in [-0.25, -0.2) is 4.63 Å². The fourth-order valence-corrected chi connectivity index (χ4v) is 6.29. The number of fused-ring (bicyclic) bond motifs is 1. The van der Waals surface area contributed by atoms with Crippen LogP contribution in [0.5, 0.6) is 0 Å². The summed E-state index contributed by atoms with van der Waals surface area (Å²) in [6.07, 6.45) is 17.5. The van der Waals surface area contributed by atoms with E-state index in [4.69, 9.17) is 13.7 Å². The summed E-state index contributed by atoms with van der Waals surface area (Å²) >= 11 is 0. The average Bonchev–Trinajstić information content (AvgIpc) is 3.57. The van der Waals surface area contributed by atoms with Crippen LogP contribution in [0.3, 0.4) is 0 Å². The summed E-state index contributed by atoms with van der Waals surface area (Å²) in [5, 5.41) is 27.4. The predicted molar refractivity (Wildman–Crippen MR) is 198 cm³/mol. The summed E-state index contributed by atoms with van der Waals surface area (Å²) in [6, 6.07) is 2.05. The topological polar surface area (TPSA) is 211 Å². The van der Waals surface area contributed by atoms with E-state index in [1.807, 2.05) is 21.1 Å². The third-order valence-corrected chi connectivity index (χ3v) is 9.64. The Labute approximate surface area is 308 Å². The van der Waals surface area contributed by atoms with Crippen molar-refractivity contribution < 1.29 is 42.1 Å². The third-order valence-electron chi connectivity index (χ3n) is 8.65. The van der Waals surface area contributed by atoms with Gasteiger partial charge in [0.1, 0.15) is 19.2 Å². The van der Waals surface area contributed by atoms with E-state index in [9.17, 15) is 29.2 Å². The summed E-state index contributed by atoms with van der Waals surface area (Å²) in [4.78, 5) is 48.7. The van der Waals surface area contributed by atoms with E-state index in [2.05, 4.69) is 33.2 Å². The maximum Gasteiger partial charge on any atom is 0.300 e. The summed E-state index contributed by atoms with van der Waals surface area (Å²) < 4.78 is 27.1. The van der Waals surface area contributed by atoms with Crippen LogP contribution in [-0.2, 0) is 23.2 Å². The zero-order valence-corrected chi connectivity index (χ0v) is 32.6. The molecule has 52 heavy (non-hydrogen) atoms. The van der Waals surface area contributed by atoms with E-state index >= 15 is 0 Å². The van der Waals surface area contributed by atoms with Crippen LogP contribution in [0.1, 0.15) is 116 Å². The molecule has 0 aliphatic carbocycles. The number of nitro groups is 1. The molecule has 2 atom stereocenters. The first-order valence-electron chi connectivity index (χ1n) is 18.9. The first-order valence-corrected chi connectivity index (χ1v) is 20.4. The average molecular weight is 756 g/mol. The number of quaternary nitrogens is 1. The van der Waals surface area contributed by atoms with Crippen LogP contribution < -0.4 is 20.8 Å². The zero-order valence-electron chi connectivity index (χ0n) is 31.7. The smallest absolute Gasteiger partial charge is 0.300 e. The van der Waals surface area contributed by atoms with Crippen LogP contribution in [0.2, 0.25) is 0 Å². The number of nitro benzene ring substituents is 1. The quantitative estimate of drug-likeness (QED) is 0.0266. The van der Waals surface area contributed by atoms with E-state index in [0.717, 1.165) is 25.7 Å². The number of likely N-dealkylation sites (N-methyl/N-ethyl adjacent to an activating group) is 1. The Morgan fingerprint density at radius 2 is 1.46 bits per heavy atom. The molecule has 0 aliphatic heterocycles. The van der Waals surface area contributed by atoms with Crippen LogP contribution in [0.4, 0.5) is 11.4 Å². The van der Waals surface area contributed by atoms with Crippen molar-refractivity contribution in [2.45, 2.75) is 122 Å². The molecular formula is C35H62N7O9P. The lowest BCUT2D eigenvalue weighted by Gasteiger charge is -2.27. The molecule has 17 heteroatoms. The molecule has 2 amide bonds. The lowest BCUT2D eigenvalue weighted by molar-refractivity contribution is -0.870. The number of anilines is 1. The van der Waals surface area contributed by atoms with Crippen LogP contribution in [0.15, 0.2) is 16.8 Å². The number of hydrogen-bond acceptors (Lipinski definition) is 12. The summed E-state index contributed by atoms with van der Waals surface area (Å²) in [7, 11) is 1.21. The van der Waals surface area contributed by atoms with Crippen LogP contribution in [0, 0.1) is 10.1 Å². The molecular weight excluding hydrogens is 693 g/mol. The Hall–Kier alpha value is -3.17. The molecule has 1 aromatic carbocycles. The second-order valence-corrected chi connectivity index (χ2v) is 15.7. The minimum Gasteiger partial charge on any atom is -0.756 e. The van der Waals surface area contributed by atoms with Gasteiger partial charge in [-0.3, -0.25) is 24.3 Å². The number of rotatable bonds is 31. The largest absolute Gasteiger partial charge is 0.756 e. The summed E-state index contributed by atoms with van der Waals surface area (Å²) in [5.74, 6) is -0.646. The van der Waals surface area contributed by atoms with Gasteiger partial charge >= 0.3 is 5.69 Å². The van der Waals surface area contributed by atoms with Gasteiger partial charge in [0, 0.05) is 25.6 Å². The van der Waals surface area contributed by atoms with Crippen molar-refractivity contribution >= 4 is 42.0 Å². The molecule has 1 unspecified atom stereocenters. The van der Waals surface area contributed by atoms with Crippen molar-refractivity contribution in [1.29, 1.82) is 0 Å². The number of phosphoric ester groups is 1. The fourth-order valence-electron chi connectivity index (χ4n) is 5.60. The minimum atomic E-state index is -4.52. The molecule has 0 spiro atoms. The molecule has 2 rings (SSSR count). The molecule has 2 aromatic rings. The van der Waals surface area contributed by atoms with Crippen LogP contribution >= 0.6 is 7.82 Å². The van der Waals surface area contributed by atoms with Crippen LogP contribution in [-0.4, -0.2) is 91.6 Å². The van der Waals surface area contributed by atoms with Gasteiger partial charge in [-0.05, 0) is 42.1 Å². The minimum absolute atomic E-state index is 0.0244. The molecule has 0 bridgehead atoms. The number of nitrogens with zero attached hydrogens (tertiary/aromatic N) is 4. The highest BCUT2D eigenvalue weighted by Crippen LogP contribution is 2.37. The van der Waals surface area contributed by atoms with Gasteiger partial charge in [-0.2, -0.15) is 0 Å². The van der Waals surface area contributed by atoms with Gasteiger partial charge in [0.25, 0.3) is 7.82 Å². The molecule has 0 saturated carbocycles. The molecule has 296 valence electrons. The summed E-state index contributed by atoms with van der Waals surface area (Å²) in [6.45, 7) is 2.75. The Morgan fingerprint density at radius 1 is 0.865 bits per heavy atom. The van der Waals surface area contributed by atoms with E-state index in [1.165, 1.54) is 69.9 Å². The van der Waals surface area contributed by atoms with Crippen molar-refractivity contribution in [1.82, 2.24) is 20.9 Å². The van der Waals surface area contributed by atoms with E-state index in [0.29, 0.717) is 48.9 Å². The summed E-state index contributed by atoms with van der Waals surface area (Å²) in [5.41, 5.74) is 0.613. The Bertz CT molecular complexity index is 1390. The maximum absolute atomic E-state index is 13.1. The van der Waals surface area contributed by atoms with Gasteiger partial charge in [0.2, 0.25) is 17.3 Å². The number of benzene rings is 1. The van der Waals surface area contributed by atoms with E-state index < -0.39 is 24.7 Å². The van der Waals surface area contributed by atoms with Crippen molar-refractivity contribution in [3.05, 3.63) is 22.2 Å². The standard InChI is InChI=1S/C35H62N7O9P/c1-5-6-7-8-9-10-11-12-13-14-15-16-17-21-32(43)38-30(35(44)37-25-27-49-52(47,48)50-28-26-42(2,3)4)20-18-19-24-36-29-22-23-31(41(45)46)34-33(29)39-51-40-34/h22-23,30H,5-21,24-28H2,1-4H3,(H3-,36,37,38,40,43,44,47,48)/t30-/m0/s1. The number of carbonyl (C=O) groups is 2.